The molecule has 0 aliphatic heterocycles. The van der Waals surface area contributed by atoms with E-state index in [9.17, 15) is 0 Å². The fraction of sp³-hybridized carbons (Fsp3) is 0.182. The molecule has 0 saturated heterocycles. The third-order valence-corrected chi connectivity index (χ3v) is 4.12. The molecule has 0 amide bonds. The molecule has 0 bridgehead atoms. The highest BCUT2D eigenvalue weighted by atomic mass is 127. The van der Waals surface area contributed by atoms with Gasteiger partial charge in [-0.15, -0.1) is 0 Å². The average molecular weight is 380 g/mol. The molecule has 88 valence electrons. The maximum Gasteiger partial charge on any atom is 0.179 e. The van der Waals surface area contributed by atoms with E-state index in [1.54, 1.807) is 18.3 Å². The van der Waals surface area contributed by atoms with Crippen LogP contribution in [0, 0.1) is 3.57 Å². The highest BCUT2D eigenvalue weighted by molar-refractivity contribution is 14.1. The smallest absolute Gasteiger partial charge is 0.179 e. The number of hydrogen-bond acceptors (Lipinski definition) is 3. The molecular formula is C11H8Cl2IN3. The number of hydrogen-bond donors (Lipinski definition) is 0. The van der Waals surface area contributed by atoms with Gasteiger partial charge in [-0.3, -0.25) is 4.98 Å². The molecule has 3 nitrogen and oxygen atoms in total. The molecule has 0 unspecified atom stereocenters. The summed E-state index contributed by atoms with van der Waals surface area (Å²) in [5, 5.41) is 1.05. The lowest BCUT2D eigenvalue weighted by Gasteiger charge is -2.06. The van der Waals surface area contributed by atoms with E-state index in [1.165, 1.54) is 0 Å². The fourth-order valence-corrected chi connectivity index (χ4v) is 2.24. The van der Waals surface area contributed by atoms with Gasteiger partial charge < -0.3 is 0 Å². The van der Waals surface area contributed by atoms with Gasteiger partial charge in [0.1, 0.15) is 10.8 Å². The molecule has 0 aliphatic rings. The van der Waals surface area contributed by atoms with Gasteiger partial charge in [-0.1, -0.05) is 30.1 Å². The summed E-state index contributed by atoms with van der Waals surface area (Å²) < 4.78 is 0.893. The minimum atomic E-state index is 0.462. The lowest BCUT2D eigenvalue weighted by Crippen LogP contribution is -2.00. The second-order valence-corrected chi connectivity index (χ2v) is 5.19. The summed E-state index contributed by atoms with van der Waals surface area (Å²) in [5.41, 5.74) is 1.60. The lowest BCUT2D eigenvalue weighted by molar-refractivity contribution is 0.983. The van der Waals surface area contributed by atoms with Crippen LogP contribution in [-0.2, 0) is 6.42 Å². The summed E-state index contributed by atoms with van der Waals surface area (Å²) in [4.78, 5) is 12.8. The fourth-order valence-electron chi connectivity index (χ4n) is 1.32. The number of aryl methyl sites for hydroxylation is 1. The average Bonchev–Trinajstić information content (AvgIpc) is 2.33. The maximum absolute atomic E-state index is 6.07. The predicted molar refractivity (Wildman–Crippen MR) is 77.4 cm³/mol. The number of rotatable bonds is 2. The Morgan fingerprint density at radius 3 is 2.59 bits per heavy atom. The van der Waals surface area contributed by atoms with Crippen LogP contribution in [0.5, 0.6) is 0 Å². The Labute approximate surface area is 123 Å². The summed E-state index contributed by atoms with van der Waals surface area (Å²) in [5.74, 6) is 0.531. The quantitative estimate of drug-likeness (QED) is 0.584. The van der Waals surface area contributed by atoms with E-state index in [0.717, 1.165) is 15.7 Å². The van der Waals surface area contributed by atoms with Crippen molar-refractivity contribution in [2.75, 3.05) is 0 Å². The monoisotopic (exact) mass is 379 g/mol. The number of aromatic nitrogens is 3. The van der Waals surface area contributed by atoms with Gasteiger partial charge >= 0.3 is 0 Å². The summed E-state index contributed by atoms with van der Waals surface area (Å²) in [7, 11) is 0. The van der Waals surface area contributed by atoms with Crippen molar-refractivity contribution < 1.29 is 0 Å². The van der Waals surface area contributed by atoms with Gasteiger partial charge in [-0.2, -0.15) is 0 Å². The zero-order valence-electron chi connectivity index (χ0n) is 8.91. The van der Waals surface area contributed by atoms with E-state index in [2.05, 4.69) is 37.5 Å². The molecule has 0 N–H and O–H groups in total. The zero-order valence-corrected chi connectivity index (χ0v) is 12.6. The molecule has 2 aromatic heterocycles. The summed E-state index contributed by atoms with van der Waals surface area (Å²) in [6.07, 6.45) is 2.37. The Morgan fingerprint density at radius 2 is 2.00 bits per heavy atom. The Morgan fingerprint density at radius 1 is 1.24 bits per heavy atom. The third kappa shape index (κ3) is 2.86. The zero-order chi connectivity index (χ0) is 12.4. The molecule has 6 heteroatoms. The van der Waals surface area contributed by atoms with Crippen LogP contribution in [0.15, 0.2) is 18.3 Å². The number of pyridine rings is 1. The van der Waals surface area contributed by atoms with Gasteiger partial charge in [0, 0.05) is 6.20 Å². The molecule has 0 saturated carbocycles. The van der Waals surface area contributed by atoms with Crippen molar-refractivity contribution in [3.63, 3.8) is 0 Å². The molecule has 0 spiro atoms. The molecule has 0 atom stereocenters. The van der Waals surface area contributed by atoms with Crippen molar-refractivity contribution in [1.82, 2.24) is 15.0 Å². The van der Waals surface area contributed by atoms with Gasteiger partial charge in [0.2, 0.25) is 0 Å². The van der Waals surface area contributed by atoms with Crippen molar-refractivity contribution >= 4 is 45.8 Å². The molecule has 2 heterocycles. The van der Waals surface area contributed by atoms with Crippen LogP contribution in [0.4, 0.5) is 0 Å². The van der Waals surface area contributed by atoms with Crippen LogP contribution in [0.1, 0.15) is 12.6 Å². The van der Waals surface area contributed by atoms with Crippen molar-refractivity contribution in [1.29, 1.82) is 0 Å². The summed E-state index contributed by atoms with van der Waals surface area (Å²) >= 11 is 14.0. The largest absolute Gasteiger partial charge is 0.251 e. The van der Waals surface area contributed by atoms with Gasteiger partial charge in [0.05, 0.1) is 14.3 Å². The van der Waals surface area contributed by atoms with Gasteiger partial charge in [-0.05, 0) is 41.1 Å². The molecule has 2 aromatic rings. The second kappa shape index (κ2) is 5.46. The normalized spacial score (nSPS) is 10.6. The number of halogens is 3. The third-order valence-electron chi connectivity index (χ3n) is 2.17. The van der Waals surface area contributed by atoms with Crippen molar-refractivity contribution in [2.45, 2.75) is 13.3 Å². The van der Waals surface area contributed by atoms with Gasteiger partial charge in [0.25, 0.3) is 0 Å². The van der Waals surface area contributed by atoms with E-state index in [4.69, 9.17) is 23.2 Å². The van der Waals surface area contributed by atoms with Crippen LogP contribution in [0.3, 0.4) is 0 Å². The van der Waals surface area contributed by atoms with Crippen molar-refractivity contribution in [3.05, 3.63) is 37.8 Å². The lowest BCUT2D eigenvalue weighted by atomic mass is 10.3. The van der Waals surface area contributed by atoms with Crippen LogP contribution < -0.4 is 0 Å². The maximum atomic E-state index is 6.07. The van der Waals surface area contributed by atoms with Gasteiger partial charge in [-0.25, -0.2) is 9.97 Å². The Hall–Kier alpha value is -0.460. The topological polar surface area (TPSA) is 38.7 Å². The first-order valence-corrected chi connectivity index (χ1v) is 6.79. The SMILES string of the molecule is CCc1nc(-c2ccc(Cl)cn2)nc(Cl)c1I. The Bertz CT molecular complexity index is 543. The molecule has 2 rings (SSSR count). The predicted octanol–water partition coefficient (Wildman–Crippen LogP) is 4.01. The summed E-state index contributed by atoms with van der Waals surface area (Å²) in [6, 6.07) is 3.53. The minimum Gasteiger partial charge on any atom is -0.251 e. The molecule has 0 aliphatic carbocycles. The first-order valence-electron chi connectivity index (χ1n) is 4.95. The molecule has 0 aromatic carbocycles. The Balaban J connectivity index is 2.52. The number of nitrogens with zero attached hydrogens (tertiary/aromatic N) is 3. The first kappa shape index (κ1) is 13.0. The van der Waals surface area contributed by atoms with Crippen molar-refractivity contribution in [2.24, 2.45) is 0 Å². The van der Waals surface area contributed by atoms with E-state index in [-0.39, 0.29) is 0 Å². The van der Waals surface area contributed by atoms with Crippen LogP contribution in [-0.4, -0.2) is 15.0 Å². The highest BCUT2D eigenvalue weighted by Crippen LogP contribution is 2.23. The second-order valence-electron chi connectivity index (χ2n) is 3.31. The van der Waals surface area contributed by atoms with E-state index in [0.29, 0.717) is 21.7 Å². The van der Waals surface area contributed by atoms with Crippen LogP contribution in [0.2, 0.25) is 10.2 Å². The first-order chi connectivity index (χ1) is 8.11. The Kier molecular flexibility index (Phi) is 4.17. The van der Waals surface area contributed by atoms with Gasteiger partial charge in [0.15, 0.2) is 5.82 Å². The standard InChI is InChI=1S/C11H8Cl2IN3/c1-2-7-9(14)10(13)17-11(16-7)8-4-3-6(12)5-15-8/h3-5H,2H2,1H3. The van der Waals surface area contributed by atoms with Crippen LogP contribution in [0.25, 0.3) is 11.5 Å². The minimum absolute atomic E-state index is 0.462. The van der Waals surface area contributed by atoms with E-state index < -0.39 is 0 Å². The van der Waals surface area contributed by atoms with E-state index in [1.807, 2.05) is 6.92 Å². The van der Waals surface area contributed by atoms with E-state index >= 15 is 0 Å². The highest BCUT2D eigenvalue weighted by Gasteiger charge is 2.11. The molecule has 0 fully saturated rings. The molecular weight excluding hydrogens is 372 g/mol. The molecule has 0 radical (unpaired) electrons. The van der Waals surface area contributed by atoms with Crippen LogP contribution >= 0.6 is 45.8 Å². The van der Waals surface area contributed by atoms with Crippen molar-refractivity contribution in [3.8, 4) is 11.5 Å². The summed E-state index contributed by atoms with van der Waals surface area (Å²) in [6.45, 7) is 2.03. The molecule has 17 heavy (non-hydrogen) atoms.